The van der Waals surface area contributed by atoms with Crippen LogP contribution in [0.5, 0.6) is 5.75 Å². The molecule has 0 saturated carbocycles. The second-order valence-electron chi connectivity index (χ2n) is 9.87. The maximum atomic E-state index is 13.3. The van der Waals surface area contributed by atoms with Crippen molar-refractivity contribution in [3.63, 3.8) is 0 Å². The van der Waals surface area contributed by atoms with E-state index in [-0.39, 0.29) is 24.3 Å². The number of rotatable bonds is 14. The molecule has 0 bridgehead atoms. The minimum Gasteiger partial charge on any atom is -0.492 e. The van der Waals surface area contributed by atoms with Gasteiger partial charge in [0.25, 0.3) is 5.91 Å². The predicted molar refractivity (Wildman–Crippen MR) is 159 cm³/mol. The van der Waals surface area contributed by atoms with Crippen molar-refractivity contribution in [2.45, 2.75) is 65.8 Å². The Hall–Kier alpha value is -3.72. The summed E-state index contributed by atoms with van der Waals surface area (Å²) in [4.78, 5) is 32.0. The summed E-state index contributed by atoms with van der Waals surface area (Å²) in [6.07, 6.45) is 10.7. The standard InChI is InChI=1S/C31H43N5O4/c1-5-17-35(18-8-19-40-28-9-7-16-32-23-28)31(38)29-12-11-26(22-24(29)3)34-30(37)13-10-25(4)36(33-6-2)27-14-20-39-21-15-27/h6-7,9-12,16,22-23,27H,5,8,13-15,17-21H2,1-4H3,(H,34,37)/b25-10?,33-6-. The van der Waals surface area contributed by atoms with Crippen LogP contribution in [0.1, 0.15) is 68.8 Å². The molecule has 2 amide bonds. The summed E-state index contributed by atoms with van der Waals surface area (Å²) in [7, 11) is 0. The summed E-state index contributed by atoms with van der Waals surface area (Å²) in [5.41, 5.74) is 3.08. The highest BCUT2D eigenvalue weighted by atomic mass is 16.5. The van der Waals surface area contributed by atoms with Crippen molar-refractivity contribution < 1.29 is 19.1 Å². The van der Waals surface area contributed by atoms with Crippen molar-refractivity contribution in [2.75, 3.05) is 38.2 Å². The smallest absolute Gasteiger partial charge is 0.254 e. The largest absolute Gasteiger partial charge is 0.492 e. The SMILES string of the molecule is C/C=N\N(C(C)=CCC(=O)Nc1ccc(C(=O)N(CCC)CCCOc2cccnc2)c(C)c1)C1CCOCC1. The molecule has 0 atom stereocenters. The molecule has 1 aliphatic heterocycles. The number of benzene rings is 1. The van der Waals surface area contributed by atoms with E-state index >= 15 is 0 Å². The quantitative estimate of drug-likeness (QED) is 0.192. The van der Waals surface area contributed by atoms with Crippen molar-refractivity contribution in [3.05, 3.63) is 65.6 Å². The van der Waals surface area contributed by atoms with Crippen molar-refractivity contribution in [1.29, 1.82) is 0 Å². The van der Waals surface area contributed by atoms with Crippen LogP contribution in [-0.4, -0.2) is 71.9 Å². The molecule has 40 heavy (non-hydrogen) atoms. The number of pyridine rings is 1. The highest BCUT2D eigenvalue weighted by molar-refractivity contribution is 5.97. The normalized spacial score (nSPS) is 14.2. The number of anilines is 1. The van der Waals surface area contributed by atoms with Gasteiger partial charge in [0.15, 0.2) is 0 Å². The lowest BCUT2D eigenvalue weighted by atomic mass is 10.1. The van der Waals surface area contributed by atoms with E-state index < -0.39 is 0 Å². The molecule has 1 aromatic carbocycles. The summed E-state index contributed by atoms with van der Waals surface area (Å²) >= 11 is 0. The Morgan fingerprint density at radius 3 is 2.70 bits per heavy atom. The van der Waals surface area contributed by atoms with E-state index in [9.17, 15) is 9.59 Å². The van der Waals surface area contributed by atoms with Crippen molar-refractivity contribution >= 4 is 23.7 Å². The van der Waals surface area contributed by atoms with E-state index in [2.05, 4.69) is 22.3 Å². The summed E-state index contributed by atoms with van der Waals surface area (Å²) in [6.45, 7) is 11.1. The Kier molecular flexibility index (Phi) is 12.6. The molecule has 2 heterocycles. The van der Waals surface area contributed by atoms with Gasteiger partial charge in [-0.05, 0) is 82.3 Å². The first-order valence-corrected chi connectivity index (χ1v) is 14.2. The number of aromatic nitrogens is 1. The molecular weight excluding hydrogens is 506 g/mol. The number of ether oxygens (including phenoxy) is 2. The highest BCUT2D eigenvalue weighted by Gasteiger charge is 2.21. The highest BCUT2D eigenvalue weighted by Crippen LogP contribution is 2.21. The van der Waals surface area contributed by atoms with Crippen LogP contribution in [0.4, 0.5) is 5.69 Å². The Balaban J connectivity index is 1.55. The van der Waals surface area contributed by atoms with Crippen LogP contribution in [0.15, 0.2) is 59.6 Å². The van der Waals surface area contributed by atoms with E-state index in [1.165, 1.54) is 0 Å². The van der Waals surface area contributed by atoms with Gasteiger partial charge in [-0.25, -0.2) is 0 Å². The maximum absolute atomic E-state index is 13.3. The van der Waals surface area contributed by atoms with E-state index in [4.69, 9.17) is 9.47 Å². The molecule has 1 fully saturated rings. The van der Waals surface area contributed by atoms with Crippen LogP contribution >= 0.6 is 0 Å². The van der Waals surface area contributed by atoms with Gasteiger partial charge in [0.2, 0.25) is 5.91 Å². The molecule has 2 aromatic rings. The monoisotopic (exact) mass is 549 g/mol. The molecule has 9 heteroatoms. The zero-order valence-electron chi connectivity index (χ0n) is 24.3. The van der Waals surface area contributed by atoms with E-state index in [0.29, 0.717) is 30.9 Å². The van der Waals surface area contributed by atoms with Gasteiger partial charge in [-0.15, -0.1) is 0 Å². The first kappa shape index (κ1) is 30.8. The molecule has 0 radical (unpaired) electrons. The third kappa shape index (κ3) is 9.48. The molecule has 216 valence electrons. The number of hydrazone groups is 1. The lowest BCUT2D eigenvalue weighted by Gasteiger charge is -2.32. The molecule has 0 spiro atoms. The number of carbonyl (C=O) groups is 2. The van der Waals surface area contributed by atoms with E-state index in [0.717, 1.165) is 55.9 Å². The summed E-state index contributed by atoms with van der Waals surface area (Å²) in [5.74, 6) is 0.592. The Morgan fingerprint density at radius 1 is 1.23 bits per heavy atom. The van der Waals surface area contributed by atoms with E-state index in [1.807, 2.05) is 55.0 Å². The minimum atomic E-state index is -0.119. The number of nitrogens with one attached hydrogen (secondary N) is 1. The Bertz CT molecular complexity index is 1150. The fourth-order valence-electron chi connectivity index (χ4n) is 4.69. The molecule has 9 nitrogen and oxygen atoms in total. The third-order valence-corrected chi connectivity index (χ3v) is 6.72. The fraction of sp³-hybridized carbons (Fsp3) is 0.484. The lowest BCUT2D eigenvalue weighted by molar-refractivity contribution is -0.115. The molecule has 1 saturated heterocycles. The summed E-state index contributed by atoms with van der Waals surface area (Å²) < 4.78 is 11.2. The number of hydrogen-bond acceptors (Lipinski definition) is 7. The molecule has 1 aliphatic rings. The molecule has 0 unspecified atom stereocenters. The molecule has 1 aromatic heterocycles. The van der Waals surface area contributed by atoms with Crippen LogP contribution in [-0.2, 0) is 9.53 Å². The number of amides is 2. The van der Waals surface area contributed by atoms with Crippen molar-refractivity contribution in [2.24, 2.45) is 5.10 Å². The topological polar surface area (TPSA) is 96.4 Å². The van der Waals surface area contributed by atoms with Gasteiger partial charge in [0, 0.05) is 62.1 Å². The Labute approximate surface area is 238 Å². The summed E-state index contributed by atoms with van der Waals surface area (Å²) in [6, 6.07) is 9.42. The van der Waals surface area contributed by atoms with Gasteiger partial charge in [-0.2, -0.15) is 5.10 Å². The molecule has 0 aliphatic carbocycles. The summed E-state index contributed by atoms with van der Waals surface area (Å²) in [5, 5.41) is 9.47. The number of nitrogens with zero attached hydrogens (tertiary/aromatic N) is 4. The van der Waals surface area contributed by atoms with Crippen LogP contribution in [0.3, 0.4) is 0 Å². The van der Waals surface area contributed by atoms with Gasteiger partial charge < -0.3 is 19.7 Å². The molecular formula is C31H43N5O4. The van der Waals surface area contributed by atoms with Crippen LogP contribution in [0.2, 0.25) is 0 Å². The van der Waals surface area contributed by atoms with Crippen molar-refractivity contribution in [3.8, 4) is 5.75 Å². The number of aryl methyl sites for hydroxylation is 1. The first-order valence-electron chi connectivity index (χ1n) is 14.2. The van der Waals surface area contributed by atoms with Gasteiger partial charge in [0.05, 0.1) is 18.8 Å². The van der Waals surface area contributed by atoms with Gasteiger partial charge in [-0.1, -0.05) is 13.0 Å². The van der Waals surface area contributed by atoms with Crippen molar-refractivity contribution in [1.82, 2.24) is 14.9 Å². The van der Waals surface area contributed by atoms with Gasteiger partial charge in [0.1, 0.15) is 5.75 Å². The average molecular weight is 550 g/mol. The number of allylic oxidation sites excluding steroid dienone is 1. The fourth-order valence-corrected chi connectivity index (χ4v) is 4.69. The maximum Gasteiger partial charge on any atom is 0.254 e. The van der Waals surface area contributed by atoms with Crippen LogP contribution in [0.25, 0.3) is 0 Å². The zero-order chi connectivity index (χ0) is 28.7. The van der Waals surface area contributed by atoms with Gasteiger partial charge in [-0.3, -0.25) is 19.6 Å². The number of carbonyl (C=O) groups excluding carboxylic acids is 2. The van der Waals surface area contributed by atoms with Crippen LogP contribution in [0, 0.1) is 6.92 Å². The zero-order valence-corrected chi connectivity index (χ0v) is 24.3. The second-order valence-corrected chi connectivity index (χ2v) is 9.87. The Morgan fingerprint density at radius 2 is 2.02 bits per heavy atom. The predicted octanol–water partition coefficient (Wildman–Crippen LogP) is 5.43. The molecule has 3 rings (SSSR count). The first-order chi connectivity index (χ1) is 19.4. The number of hydrogen-bond donors (Lipinski definition) is 1. The lowest BCUT2D eigenvalue weighted by Crippen LogP contribution is -2.35. The minimum absolute atomic E-state index is 0.0122. The third-order valence-electron chi connectivity index (χ3n) is 6.72. The second kappa shape index (κ2) is 16.4. The van der Waals surface area contributed by atoms with Crippen LogP contribution < -0.4 is 10.1 Å². The molecule has 1 N–H and O–H groups in total. The van der Waals surface area contributed by atoms with E-state index in [1.54, 1.807) is 30.7 Å². The van der Waals surface area contributed by atoms with Gasteiger partial charge >= 0.3 is 0 Å². The average Bonchev–Trinajstić information content (AvgIpc) is 2.97.